The number of benzene rings is 2. The van der Waals surface area contributed by atoms with Gasteiger partial charge in [-0.15, -0.1) is 0 Å². The normalized spacial score (nSPS) is 16.1. The predicted octanol–water partition coefficient (Wildman–Crippen LogP) is 1.95. The second-order valence-electron chi connectivity index (χ2n) is 11.1. The molecule has 1 aromatic heterocycles. The molecule has 0 spiro atoms. The standard InChI is InChI=1S/2C12H12O7.C10H14N2/c2*1-6-2-4-7(5-3-6)12(18)19-9(11(16)17)8(13)10(14)15;1-12-7-3-5-10(12)9-4-2-6-11-8-9/h2*2-5,8-9,13H,1H3,(H,14,15)(H,16,17);2,4,6,8,10H,3,5,7H2,1H3. The van der Waals surface area contributed by atoms with E-state index in [1.165, 1.54) is 49.2 Å². The molecule has 5 atom stereocenters. The lowest BCUT2D eigenvalue weighted by molar-refractivity contribution is -0.166. The summed E-state index contributed by atoms with van der Waals surface area (Å²) < 4.78 is 8.98. The van der Waals surface area contributed by atoms with Crippen LogP contribution in [0.25, 0.3) is 0 Å². The van der Waals surface area contributed by atoms with Crippen LogP contribution in [0.3, 0.4) is 0 Å². The van der Waals surface area contributed by atoms with Gasteiger partial charge in [-0.1, -0.05) is 41.5 Å². The smallest absolute Gasteiger partial charge is 0.348 e. The van der Waals surface area contributed by atoms with Crippen molar-refractivity contribution in [3.63, 3.8) is 0 Å². The number of aromatic nitrogens is 1. The number of ether oxygens (including phenoxy) is 2. The summed E-state index contributed by atoms with van der Waals surface area (Å²) in [5.41, 5.74) is 3.26. The van der Waals surface area contributed by atoms with Crippen LogP contribution in [0.2, 0.25) is 0 Å². The fourth-order valence-corrected chi connectivity index (χ4v) is 4.41. The fraction of sp³-hybridized carbons (Fsp3) is 0.324. The van der Waals surface area contributed by atoms with Gasteiger partial charge in [0.15, 0.2) is 12.2 Å². The molecule has 0 aliphatic carbocycles. The highest BCUT2D eigenvalue weighted by molar-refractivity contribution is 5.93. The summed E-state index contributed by atoms with van der Waals surface area (Å²) in [6, 6.07) is 16.9. The fourth-order valence-electron chi connectivity index (χ4n) is 4.41. The number of carboxylic acid groups (broad SMARTS) is 4. The number of aliphatic hydroxyl groups excluding tert-OH is 2. The molecule has 1 aliphatic heterocycles. The van der Waals surface area contributed by atoms with E-state index in [0.29, 0.717) is 6.04 Å². The van der Waals surface area contributed by atoms with Crippen molar-refractivity contribution in [3.05, 3.63) is 101 Å². The summed E-state index contributed by atoms with van der Waals surface area (Å²) in [5.74, 6) is -9.10. The third kappa shape index (κ3) is 12.4. The van der Waals surface area contributed by atoms with Crippen molar-refractivity contribution in [2.24, 2.45) is 0 Å². The van der Waals surface area contributed by atoms with Crippen molar-refractivity contribution in [1.82, 2.24) is 9.88 Å². The molecule has 4 rings (SSSR count). The highest BCUT2D eigenvalue weighted by atomic mass is 16.6. The summed E-state index contributed by atoms with van der Waals surface area (Å²) in [7, 11) is 2.19. The molecule has 1 aliphatic rings. The molecule has 6 N–H and O–H groups in total. The van der Waals surface area contributed by atoms with Gasteiger partial charge in [-0.05, 0) is 76.2 Å². The molecule has 2 heterocycles. The topological polar surface area (TPSA) is 258 Å². The SMILES string of the molecule is CN1CCCC1c1cccnc1.Cc1ccc(C(=O)OC(C(=O)O)C(O)C(=O)O)cc1.Cc1ccc(C(=O)OC(C(=O)O)C(O)C(=O)O)cc1. The number of aryl methyl sites for hydroxylation is 2. The van der Waals surface area contributed by atoms with Crippen molar-refractivity contribution in [3.8, 4) is 0 Å². The Morgan fingerprint density at radius 1 is 0.700 bits per heavy atom. The van der Waals surface area contributed by atoms with Crippen molar-refractivity contribution in [2.75, 3.05) is 13.6 Å². The molecule has 1 saturated heterocycles. The Hall–Kier alpha value is -5.71. The zero-order valence-corrected chi connectivity index (χ0v) is 27.3. The van der Waals surface area contributed by atoms with Crippen molar-refractivity contribution < 1.29 is 68.9 Å². The lowest BCUT2D eigenvalue weighted by Gasteiger charge is -2.18. The van der Waals surface area contributed by atoms with E-state index in [1.54, 1.807) is 38.1 Å². The average molecular weight is 699 g/mol. The zero-order chi connectivity index (χ0) is 37.5. The first-order valence-corrected chi connectivity index (χ1v) is 15.0. The highest BCUT2D eigenvalue weighted by Crippen LogP contribution is 2.29. The number of carbonyl (C=O) groups excluding carboxylic acids is 2. The molecule has 0 bridgehead atoms. The number of hydrogen-bond acceptors (Lipinski definition) is 12. The van der Waals surface area contributed by atoms with Crippen molar-refractivity contribution in [1.29, 1.82) is 0 Å². The van der Waals surface area contributed by atoms with Crippen LogP contribution in [-0.4, -0.2) is 114 Å². The Kier molecular flexibility index (Phi) is 15.6. The monoisotopic (exact) mass is 698 g/mol. The van der Waals surface area contributed by atoms with E-state index in [2.05, 4.69) is 32.5 Å². The molecule has 268 valence electrons. The maximum Gasteiger partial charge on any atom is 0.348 e. The van der Waals surface area contributed by atoms with Crippen LogP contribution in [0, 0.1) is 13.8 Å². The van der Waals surface area contributed by atoms with E-state index >= 15 is 0 Å². The summed E-state index contributed by atoms with van der Waals surface area (Å²) in [6.07, 6.45) is -2.57. The van der Waals surface area contributed by atoms with Gasteiger partial charge in [0.25, 0.3) is 0 Å². The first-order valence-electron chi connectivity index (χ1n) is 15.0. The van der Waals surface area contributed by atoms with E-state index < -0.39 is 60.2 Å². The number of carboxylic acids is 4. The van der Waals surface area contributed by atoms with Gasteiger partial charge in [-0.2, -0.15) is 0 Å². The molecule has 16 heteroatoms. The lowest BCUT2D eigenvalue weighted by atomic mass is 10.1. The van der Waals surface area contributed by atoms with Crippen LogP contribution in [0.1, 0.15) is 56.3 Å². The molecule has 2 aromatic carbocycles. The van der Waals surface area contributed by atoms with Gasteiger partial charge < -0.3 is 40.1 Å². The quantitative estimate of drug-likeness (QED) is 0.156. The second-order valence-corrected chi connectivity index (χ2v) is 11.1. The van der Waals surface area contributed by atoms with Crippen molar-refractivity contribution >= 4 is 35.8 Å². The van der Waals surface area contributed by atoms with Crippen LogP contribution in [0.15, 0.2) is 73.1 Å². The number of rotatable bonds is 11. The average Bonchev–Trinajstić information content (AvgIpc) is 3.52. The molecule has 3 aromatic rings. The first-order chi connectivity index (χ1) is 23.5. The van der Waals surface area contributed by atoms with Crippen LogP contribution < -0.4 is 0 Å². The Bertz CT molecular complexity index is 1520. The highest BCUT2D eigenvalue weighted by Gasteiger charge is 2.37. The second kappa shape index (κ2) is 19.3. The van der Waals surface area contributed by atoms with E-state index in [0.717, 1.165) is 11.1 Å². The van der Waals surface area contributed by atoms with Gasteiger partial charge in [0.2, 0.25) is 12.2 Å². The maximum atomic E-state index is 11.6. The third-order valence-corrected chi connectivity index (χ3v) is 7.20. The van der Waals surface area contributed by atoms with E-state index in [-0.39, 0.29) is 11.1 Å². The van der Waals surface area contributed by atoms with Gasteiger partial charge >= 0.3 is 35.8 Å². The number of carbonyl (C=O) groups is 6. The molecule has 0 radical (unpaired) electrons. The lowest BCUT2D eigenvalue weighted by Crippen LogP contribution is -2.43. The molecule has 16 nitrogen and oxygen atoms in total. The van der Waals surface area contributed by atoms with Crippen LogP contribution in [0.5, 0.6) is 0 Å². The summed E-state index contributed by atoms with van der Waals surface area (Å²) >= 11 is 0. The largest absolute Gasteiger partial charge is 0.479 e. The number of nitrogens with zero attached hydrogens (tertiary/aromatic N) is 2. The minimum Gasteiger partial charge on any atom is -0.479 e. The summed E-state index contributed by atoms with van der Waals surface area (Å²) in [5, 5.41) is 52.8. The van der Waals surface area contributed by atoms with Gasteiger partial charge in [-0.3, -0.25) is 9.88 Å². The number of esters is 2. The number of aliphatic hydroxyl groups is 2. The minimum absolute atomic E-state index is 0.0643. The van der Waals surface area contributed by atoms with E-state index in [1.807, 2.05) is 18.5 Å². The Balaban J connectivity index is 0.000000267. The Morgan fingerprint density at radius 2 is 1.12 bits per heavy atom. The zero-order valence-electron chi connectivity index (χ0n) is 27.3. The predicted molar refractivity (Wildman–Crippen MR) is 172 cm³/mol. The van der Waals surface area contributed by atoms with Crippen LogP contribution >= 0.6 is 0 Å². The van der Waals surface area contributed by atoms with Crippen LogP contribution in [0.4, 0.5) is 0 Å². The summed E-state index contributed by atoms with van der Waals surface area (Å²) in [4.78, 5) is 72.3. The molecule has 0 saturated carbocycles. The van der Waals surface area contributed by atoms with Gasteiger partial charge in [0.05, 0.1) is 11.1 Å². The van der Waals surface area contributed by atoms with E-state index in [9.17, 15) is 28.8 Å². The number of pyridine rings is 1. The maximum absolute atomic E-state index is 11.6. The summed E-state index contributed by atoms with van der Waals surface area (Å²) in [6.45, 7) is 4.81. The first kappa shape index (κ1) is 40.5. The van der Waals surface area contributed by atoms with Crippen LogP contribution in [-0.2, 0) is 28.7 Å². The third-order valence-electron chi connectivity index (χ3n) is 7.20. The van der Waals surface area contributed by atoms with Gasteiger partial charge in [0.1, 0.15) is 0 Å². The molecule has 0 amide bonds. The molecule has 1 fully saturated rings. The molecular weight excluding hydrogens is 660 g/mol. The molecule has 50 heavy (non-hydrogen) atoms. The Labute approximate surface area is 286 Å². The Morgan fingerprint density at radius 3 is 1.42 bits per heavy atom. The van der Waals surface area contributed by atoms with E-state index in [4.69, 9.17) is 30.6 Å². The number of likely N-dealkylation sites (tertiary alicyclic amines) is 1. The number of hydrogen-bond donors (Lipinski definition) is 6. The number of aliphatic carboxylic acids is 4. The minimum atomic E-state index is -2.33. The van der Waals surface area contributed by atoms with Gasteiger partial charge in [0, 0.05) is 18.4 Å². The molecular formula is C34H38N2O14. The van der Waals surface area contributed by atoms with Crippen molar-refractivity contribution in [2.45, 2.75) is 57.1 Å². The van der Waals surface area contributed by atoms with Gasteiger partial charge in [-0.25, -0.2) is 28.8 Å². The molecule has 5 unspecified atom stereocenters.